The van der Waals surface area contributed by atoms with E-state index < -0.39 is 29.2 Å². The first-order valence-corrected chi connectivity index (χ1v) is 13.7. The van der Waals surface area contributed by atoms with Crippen molar-refractivity contribution in [2.45, 2.75) is 51.0 Å². The minimum Gasteiger partial charge on any atom is -0.496 e. The molecule has 4 heterocycles. The number of nitrogens with zero attached hydrogens (tertiary/aromatic N) is 2. The molecule has 12 heteroatoms. The summed E-state index contributed by atoms with van der Waals surface area (Å²) >= 11 is 4.77. The van der Waals surface area contributed by atoms with Gasteiger partial charge in [-0.1, -0.05) is 0 Å². The molecule has 2 aromatic heterocycles. The van der Waals surface area contributed by atoms with E-state index >= 15 is 0 Å². The molecule has 2 fully saturated rings. The number of ether oxygens (including phenoxy) is 3. The summed E-state index contributed by atoms with van der Waals surface area (Å²) in [5.74, 6) is -0.398. The molecular formula is C25H27BrFN3O6S. The standard InChI is InChI=1S/C25H27BrFN3O6S/c1-13-20-23(32)30(17-5-8-28-22(17)31)25(33)29(24(20)37-21(13)26)12-19(36-15-6-9-35-10-7-15)16-11-14(27)3-4-18(16)34-2/h3-4,11,15,17,19H,5-10,12H2,1-2H3,(H,28,31)/t17?,19-/m0/s1. The summed E-state index contributed by atoms with van der Waals surface area (Å²) in [7, 11) is 1.49. The third-order valence-corrected chi connectivity index (χ3v) is 9.11. The zero-order valence-electron chi connectivity index (χ0n) is 20.4. The second-order valence-corrected chi connectivity index (χ2v) is 11.5. The van der Waals surface area contributed by atoms with E-state index in [1.165, 1.54) is 41.2 Å². The monoisotopic (exact) mass is 595 g/mol. The lowest BCUT2D eigenvalue weighted by atomic mass is 10.1. The van der Waals surface area contributed by atoms with E-state index in [1.54, 1.807) is 6.92 Å². The summed E-state index contributed by atoms with van der Waals surface area (Å²) in [5.41, 5.74) is 0.0427. The molecule has 37 heavy (non-hydrogen) atoms. The SMILES string of the molecule is COc1ccc(F)cc1[C@H](Cn1c(=O)n(C2CCNC2=O)c(=O)c2c(C)c(Br)sc21)OC1CCOCC1. The number of aryl methyl sites for hydroxylation is 1. The highest BCUT2D eigenvalue weighted by Crippen LogP contribution is 2.36. The maximum Gasteiger partial charge on any atom is 0.332 e. The number of hydrogen-bond donors (Lipinski definition) is 1. The first kappa shape index (κ1) is 26.1. The van der Waals surface area contributed by atoms with Crippen molar-refractivity contribution < 1.29 is 23.4 Å². The summed E-state index contributed by atoms with van der Waals surface area (Å²) in [5, 5.41) is 3.07. The molecule has 1 unspecified atom stereocenters. The van der Waals surface area contributed by atoms with Crippen LogP contribution in [-0.4, -0.2) is 48.0 Å². The van der Waals surface area contributed by atoms with Crippen LogP contribution in [0.15, 0.2) is 31.6 Å². The zero-order valence-corrected chi connectivity index (χ0v) is 22.8. The van der Waals surface area contributed by atoms with E-state index in [0.29, 0.717) is 69.9 Å². The van der Waals surface area contributed by atoms with Crippen LogP contribution >= 0.6 is 27.3 Å². The highest BCUT2D eigenvalue weighted by atomic mass is 79.9. The molecule has 5 rings (SSSR count). The van der Waals surface area contributed by atoms with Gasteiger partial charge in [0.2, 0.25) is 5.91 Å². The Morgan fingerprint density at radius 2 is 2.00 bits per heavy atom. The molecule has 2 saturated heterocycles. The van der Waals surface area contributed by atoms with E-state index in [2.05, 4.69) is 21.2 Å². The number of carbonyl (C=O) groups is 1. The molecule has 2 aliphatic rings. The van der Waals surface area contributed by atoms with Crippen molar-refractivity contribution in [3.05, 3.63) is 59.8 Å². The fourth-order valence-electron chi connectivity index (χ4n) is 4.98. The van der Waals surface area contributed by atoms with Gasteiger partial charge in [0.15, 0.2) is 0 Å². The van der Waals surface area contributed by atoms with Gasteiger partial charge in [0, 0.05) is 25.3 Å². The smallest absolute Gasteiger partial charge is 0.332 e. The van der Waals surface area contributed by atoms with E-state index in [4.69, 9.17) is 14.2 Å². The Balaban J connectivity index is 1.69. The number of amides is 1. The first-order valence-electron chi connectivity index (χ1n) is 12.1. The Morgan fingerprint density at radius 3 is 2.68 bits per heavy atom. The second kappa shape index (κ2) is 10.7. The highest BCUT2D eigenvalue weighted by Gasteiger charge is 2.33. The van der Waals surface area contributed by atoms with Crippen LogP contribution in [0, 0.1) is 12.7 Å². The lowest BCUT2D eigenvalue weighted by molar-refractivity contribution is -0.122. The van der Waals surface area contributed by atoms with Gasteiger partial charge in [-0.15, -0.1) is 11.3 Å². The highest BCUT2D eigenvalue weighted by molar-refractivity contribution is 9.11. The lowest BCUT2D eigenvalue weighted by Gasteiger charge is -2.29. The van der Waals surface area contributed by atoms with Crippen molar-refractivity contribution in [2.24, 2.45) is 0 Å². The van der Waals surface area contributed by atoms with Crippen LogP contribution in [0.4, 0.5) is 4.39 Å². The third-order valence-electron chi connectivity index (χ3n) is 6.93. The molecule has 198 valence electrons. The van der Waals surface area contributed by atoms with Crippen LogP contribution in [-0.2, 0) is 20.8 Å². The molecule has 0 radical (unpaired) electrons. The minimum absolute atomic E-state index is 0.00643. The van der Waals surface area contributed by atoms with Gasteiger partial charge < -0.3 is 19.5 Å². The second-order valence-electron chi connectivity index (χ2n) is 9.17. The minimum atomic E-state index is -0.896. The average Bonchev–Trinajstić information content (AvgIpc) is 3.44. The fraction of sp³-hybridized carbons (Fsp3) is 0.480. The number of rotatable bonds is 7. The van der Waals surface area contributed by atoms with Gasteiger partial charge in [-0.3, -0.25) is 14.2 Å². The third kappa shape index (κ3) is 4.87. The average molecular weight is 596 g/mol. The van der Waals surface area contributed by atoms with Crippen molar-refractivity contribution in [3.8, 4) is 5.75 Å². The molecule has 0 saturated carbocycles. The van der Waals surface area contributed by atoms with Crippen LogP contribution in [0.25, 0.3) is 10.2 Å². The molecular weight excluding hydrogens is 569 g/mol. The van der Waals surface area contributed by atoms with Crippen LogP contribution in [0.3, 0.4) is 0 Å². The molecule has 2 aliphatic heterocycles. The Hall–Kier alpha value is -2.54. The summed E-state index contributed by atoms with van der Waals surface area (Å²) in [6.07, 6.45) is 0.720. The molecule has 0 spiro atoms. The maximum absolute atomic E-state index is 14.4. The van der Waals surface area contributed by atoms with Crippen LogP contribution in [0.1, 0.15) is 42.5 Å². The van der Waals surface area contributed by atoms with E-state index in [-0.39, 0.29) is 18.6 Å². The Kier molecular flexibility index (Phi) is 7.53. The van der Waals surface area contributed by atoms with Crippen molar-refractivity contribution in [1.82, 2.24) is 14.5 Å². The van der Waals surface area contributed by atoms with Gasteiger partial charge in [-0.25, -0.2) is 13.8 Å². The zero-order chi connectivity index (χ0) is 26.3. The molecule has 1 amide bonds. The summed E-state index contributed by atoms with van der Waals surface area (Å²) in [4.78, 5) is 40.4. The summed E-state index contributed by atoms with van der Waals surface area (Å²) in [6, 6.07) is 3.28. The maximum atomic E-state index is 14.4. The molecule has 0 bridgehead atoms. The van der Waals surface area contributed by atoms with Crippen molar-refractivity contribution >= 4 is 43.4 Å². The van der Waals surface area contributed by atoms with Gasteiger partial charge in [-0.05, 0) is 65.9 Å². The largest absolute Gasteiger partial charge is 0.496 e. The van der Waals surface area contributed by atoms with E-state index in [0.717, 1.165) is 4.57 Å². The number of halogens is 2. The predicted molar refractivity (Wildman–Crippen MR) is 140 cm³/mol. The number of methoxy groups -OCH3 is 1. The quantitative estimate of drug-likeness (QED) is 0.449. The van der Waals surface area contributed by atoms with Crippen LogP contribution in [0.5, 0.6) is 5.75 Å². The first-order chi connectivity index (χ1) is 17.8. The van der Waals surface area contributed by atoms with Crippen molar-refractivity contribution in [1.29, 1.82) is 0 Å². The van der Waals surface area contributed by atoms with Gasteiger partial charge in [0.1, 0.15) is 28.5 Å². The molecule has 9 nitrogen and oxygen atoms in total. The van der Waals surface area contributed by atoms with E-state index in [9.17, 15) is 18.8 Å². The molecule has 0 aliphatic carbocycles. The molecule has 1 N–H and O–H groups in total. The summed E-state index contributed by atoms with van der Waals surface area (Å²) in [6.45, 7) is 3.26. The van der Waals surface area contributed by atoms with Crippen molar-refractivity contribution in [3.63, 3.8) is 0 Å². The Morgan fingerprint density at radius 1 is 1.24 bits per heavy atom. The normalized spacial score (nSPS) is 19.4. The predicted octanol–water partition coefficient (Wildman–Crippen LogP) is 3.44. The van der Waals surface area contributed by atoms with Crippen molar-refractivity contribution in [2.75, 3.05) is 26.9 Å². The van der Waals surface area contributed by atoms with Crippen LogP contribution < -0.4 is 21.3 Å². The number of fused-ring (bicyclic) bond motifs is 1. The lowest BCUT2D eigenvalue weighted by Crippen LogP contribution is -2.44. The fourth-order valence-corrected chi connectivity index (χ4v) is 6.67. The molecule has 3 aromatic rings. The number of hydrogen-bond acceptors (Lipinski definition) is 7. The molecule has 1 aromatic carbocycles. The van der Waals surface area contributed by atoms with Gasteiger partial charge in [-0.2, -0.15) is 0 Å². The van der Waals surface area contributed by atoms with Gasteiger partial charge in [0.25, 0.3) is 5.56 Å². The number of thiophene rings is 1. The van der Waals surface area contributed by atoms with Crippen LogP contribution in [0.2, 0.25) is 0 Å². The summed E-state index contributed by atoms with van der Waals surface area (Å²) < 4.78 is 35.1. The molecule has 2 atom stereocenters. The Labute approximate surface area is 224 Å². The number of carbonyl (C=O) groups excluding carboxylic acids is 1. The number of benzene rings is 1. The van der Waals surface area contributed by atoms with Gasteiger partial charge in [0.05, 0.1) is 28.9 Å². The van der Waals surface area contributed by atoms with E-state index in [1.807, 2.05) is 0 Å². The number of aromatic nitrogens is 2. The Bertz CT molecular complexity index is 1460. The number of nitrogens with one attached hydrogen (secondary N) is 1. The van der Waals surface area contributed by atoms with Gasteiger partial charge >= 0.3 is 5.69 Å². The topological polar surface area (TPSA) is 101 Å².